The third-order valence-corrected chi connectivity index (χ3v) is 5.59. The van der Waals surface area contributed by atoms with E-state index in [1.165, 1.54) is 0 Å². The zero-order valence-corrected chi connectivity index (χ0v) is 17.4. The van der Waals surface area contributed by atoms with Crippen LogP contribution in [0.5, 0.6) is 5.75 Å². The second-order valence-electron chi connectivity index (χ2n) is 7.73. The zero-order chi connectivity index (χ0) is 21.3. The molecule has 0 fully saturated rings. The Morgan fingerprint density at radius 3 is 2.40 bits per heavy atom. The van der Waals surface area contributed by atoms with Gasteiger partial charge in [0.1, 0.15) is 5.75 Å². The van der Waals surface area contributed by atoms with E-state index in [9.17, 15) is 9.59 Å². The van der Waals surface area contributed by atoms with Gasteiger partial charge in [0.2, 0.25) is 0 Å². The van der Waals surface area contributed by atoms with E-state index < -0.39 is 6.04 Å². The molecule has 0 saturated carbocycles. The van der Waals surface area contributed by atoms with Crippen molar-refractivity contribution in [1.82, 2.24) is 15.5 Å². The summed E-state index contributed by atoms with van der Waals surface area (Å²) in [5, 5.41) is 5.73. The first kappa shape index (κ1) is 19.8. The standard InChI is InChI=1S/C23H26N4O3/c1-26(2)17-8-6-16(7-9-17)21-20-19(24-23(29)25-21)14-27(22(20)28)13-12-15-4-10-18(30-3)11-5-15/h4-11,21H,12-14H2,1-3H3,(H2,24,25,29)/t21-/m1/s1. The molecule has 7 nitrogen and oxygen atoms in total. The van der Waals surface area contributed by atoms with Gasteiger partial charge >= 0.3 is 6.03 Å². The van der Waals surface area contributed by atoms with Gasteiger partial charge in [0.15, 0.2) is 0 Å². The van der Waals surface area contributed by atoms with Crippen molar-refractivity contribution in [2.45, 2.75) is 12.5 Å². The number of methoxy groups -OCH3 is 1. The Morgan fingerprint density at radius 2 is 1.77 bits per heavy atom. The van der Waals surface area contributed by atoms with Gasteiger partial charge in [-0.05, 0) is 41.8 Å². The summed E-state index contributed by atoms with van der Waals surface area (Å²) in [6.45, 7) is 1.00. The fraction of sp³-hybridized carbons (Fsp3) is 0.304. The molecule has 7 heteroatoms. The Bertz CT molecular complexity index is 981. The number of hydrogen-bond donors (Lipinski definition) is 2. The first-order chi connectivity index (χ1) is 14.5. The summed E-state index contributed by atoms with van der Waals surface area (Å²) in [6, 6.07) is 15.0. The van der Waals surface area contributed by atoms with E-state index in [0.717, 1.165) is 29.0 Å². The van der Waals surface area contributed by atoms with Crippen molar-refractivity contribution < 1.29 is 14.3 Å². The molecule has 156 valence electrons. The van der Waals surface area contributed by atoms with Gasteiger partial charge in [-0.1, -0.05) is 24.3 Å². The van der Waals surface area contributed by atoms with E-state index in [1.807, 2.05) is 67.5 Å². The molecule has 2 aromatic carbocycles. The van der Waals surface area contributed by atoms with Crippen LogP contribution in [-0.2, 0) is 11.2 Å². The summed E-state index contributed by atoms with van der Waals surface area (Å²) in [5.74, 6) is 0.776. The molecule has 0 saturated heterocycles. The number of benzene rings is 2. The number of carbonyl (C=O) groups is 2. The number of rotatable bonds is 6. The highest BCUT2D eigenvalue weighted by Gasteiger charge is 2.40. The number of nitrogens with zero attached hydrogens (tertiary/aromatic N) is 2. The van der Waals surface area contributed by atoms with Crippen LogP contribution in [0.2, 0.25) is 0 Å². The van der Waals surface area contributed by atoms with Crippen molar-refractivity contribution in [1.29, 1.82) is 0 Å². The van der Waals surface area contributed by atoms with Gasteiger partial charge in [-0.2, -0.15) is 0 Å². The summed E-state index contributed by atoms with van der Waals surface area (Å²) in [6.07, 6.45) is 0.736. The number of amides is 3. The van der Waals surface area contributed by atoms with Crippen molar-refractivity contribution in [2.75, 3.05) is 39.2 Å². The molecule has 1 atom stereocenters. The molecule has 30 heavy (non-hydrogen) atoms. The van der Waals surface area contributed by atoms with Gasteiger partial charge < -0.3 is 25.2 Å². The molecule has 0 unspecified atom stereocenters. The summed E-state index contributed by atoms with van der Waals surface area (Å²) < 4.78 is 5.19. The van der Waals surface area contributed by atoms with E-state index in [1.54, 1.807) is 12.0 Å². The van der Waals surface area contributed by atoms with Crippen molar-refractivity contribution >= 4 is 17.6 Å². The number of anilines is 1. The van der Waals surface area contributed by atoms with E-state index in [2.05, 4.69) is 10.6 Å². The maximum Gasteiger partial charge on any atom is 0.319 e. The van der Waals surface area contributed by atoms with Crippen molar-refractivity contribution in [3.8, 4) is 5.75 Å². The lowest BCUT2D eigenvalue weighted by molar-refractivity contribution is -0.125. The number of nitrogens with one attached hydrogen (secondary N) is 2. The maximum absolute atomic E-state index is 13.2. The van der Waals surface area contributed by atoms with Gasteiger partial charge in [-0.3, -0.25) is 4.79 Å². The third kappa shape index (κ3) is 3.83. The SMILES string of the molecule is COc1ccc(CCN2CC3=C(C2=O)[C@@H](c2ccc(N(C)C)cc2)NC(=O)N3)cc1. The van der Waals surface area contributed by atoms with Gasteiger partial charge in [0, 0.05) is 26.3 Å². The highest BCUT2D eigenvalue weighted by atomic mass is 16.5. The normalized spacial score (nSPS) is 18.1. The van der Waals surface area contributed by atoms with Crippen LogP contribution in [0.25, 0.3) is 0 Å². The molecule has 3 amide bonds. The van der Waals surface area contributed by atoms with Gasteiger partial charge in [-0.15, -0.1) is 0 Å². The van der Waals surface area contributed by atoms with Crippen LogP contribution in [0, 0.1) is 0 Å². The lowest BCUT2D eigenvalue weighted by Gasteiger charge is -2.26. The molecule has 4 rings (SSSR count). The average molecular weight is 406 g/mol. The van der Waals surface area contributed by atoms with Crippen LogP contribution in [0.15, 0.2) is 59.8 Å². The second kappa shape index (κ2) is 8.10. The monoisotopic (exact) mass is 406 g/mol. The van der Waals surface area contributed by atoms with Crippen LogP contribution >= 0.6 is 0 Å². The Labute approximate surface area is 176 Å². The predicted octanol–water partition coefficient (Wildman–Crippen LogP) is 2.45. The van der Waals surface area contributed by atoms with E-state index in [0.29, 0.717) is 24.4 Å². The smallest absolute Gasteiger partial charge is 0.319 e. The van der Waals surface area contributed by atoms with Gasteiger partial charge in [0.25, 0.3) is 5.91 Å². The molecule has 0 bridgehead atoms. The molecule has 2 aromatic rings. The second-order valence-corrected chi connectivity index (χ2v) is 7.73. The van der Waals surface area contributed by atoms with E-state index in [4.69, 9.17) is 4.74 Å². The molecular formula is C23H26N4O3. The first-order valence-electron chi connectivity index (χ1n) is 9.96. The van der Waals surface area contributed by atoms with Gasteiger partial charge in [0.05, 0.1) is 31.0 Å². The molecule has 0 aliphatic carbocycles. The highest BCUT2D eigenvalue weighted by Crippen LogP contribution is 2.33. The fourth-order valence-corrected chi connectivity index (χ4v) is 3.88. The van der Waals surface area contributed by atoms with E-state index >= 15 is 0 Å². The number of carbonyl (C=O) groups excluding carboxylic acids is 2. The van der Waals surface area contributed by atoms with Crippen LogP contribution in [0.1, 0.15) is 17.2 Å². The molecule has 0 radical (unpaired) electrons. The number of urea groups is 1. The third-order valence-electron chi connectivity index (χ3n) is 5.59. The average Bonchev–Trinajstić information content (AvgIpc) is 3.07. The van der Waals surface area contributed by atoms with Crippen molar-refractivity contribution in [3.05, 3.63) is 70.9 Å². The molecule has 2 N–H and O–H groups in total. The Hall–Kier alpha value is -3.48. The van der Waals surface area contributed by atoms with Gasteiger partial charge in [-0.25, -0.2) is 4.79 Å². The lowest BCUT2D eigenvalue weighted by atomic mass is 9.96. The first-order valence-corrected chi connectivity index (χ1v) is 9.96. The fourth-order valence-electron chi connectivity index (χ4n) is 3.88. The Morgan fingerprint density at radius 1 is 1.07 bits per heavy atom. The summed E-state index contributed by atoms with van der Waals surface area (Å²) in [5.41, 5.74) is 4.41. The molecule has 2 heterocycles. The molecular weight excluding hydrogens is 380 g/mol. The largest absolute Gasteiger partial charge is 0.497 e. The molecule has 2 aliphatic heterocycles. The zero-order valence-electron chi connectivity index (χ0n) is 17.4. The minimum atomic E-state index is -0.441. The van der Waals surface area contributed by atoms with Crippen molar-refractivity contribution in [3.63, 3.8) is 0 Å². The highest BCUT2D eigenvalue weighted by molar-refractivity contribution is 6.01. The number of ether oxygens (including phenoxy) is 1. The number of hydrogen-bond acceptors (Lipinski definition) is 4. The summed E-state index contributed by atoms with van der Waals surface area (Å²) in [4.78, 5) is 29.2. The van der Waals surface area contributed by atoms with Crippen LogP contribution in [0.3, 0.4) is 0 Å². The molecule has 0 aromatic heterocycles. The van der Waals surface area contributed by atoms with Crippen LogP contribution < -0.4 is 20.3 Å². The Balaban J connectivity index is 1.50. The minimum Gasteiger partial charge on any atom is -0.497 e. The molecule has 0 spiro atoms. The predicted molar refractivity (Wildman–Crippen MR) is 115 cm³/mol. The Kier molecular flexibility index (Phi) is 5.35. The summed E-state index contributed by atoms with van der Waals surface area (Å²) >= 11 is 0. The quantitative estimate of drug-likeness (QED) is 0.773. The molecule has 2 aliphatic rings. The van der Waals surface area contributed by atoms with Crippen molar-refractivity contribution in [2.24, 2.45) is 0 Å². The minimum absolute atomic E-state index is 0.0345. The van der Waals surface area contributed by atoms with E-state index in [-0.39, 0.29) is 11.9 Å². The lowest BCUT2D eigenvalue weighted by Crippen LogP contribution is -2.44. The topological polar surface area (TPSA) is 73.9 Å². The van der Waals surface area contributed by atoms with Crippen LogP contribution in [0.4, 0.5) is 10.5 Å². The van der Waals surface area contributed by atoms with Crippen LogP contribution in [-0.4, -0.2) is 51.1 Å². The summed E-state index contributed by atoms with van der Waals surface area (Å²) in [7, 11) is 5.59. The maximum atomic E-state index is 13.2.